The second kappa shape index (κ2) is 11.5. The number of aromatic nitrogens is 2. The molecule has 170 valence electrons. The van der Waals surface area contributed by atoms with Crippen molar-refractivity contribution >= 4 is 27.7 Å². The van der Waals surface area contributed by atoms with Crippen molar-refractivity contribution in [3.05, 3.63) is 63.3 Å². The second-order valence-corrected chi connectivity index (χ2v) is 7.89. The second-order valence-electron chi connectivity index (χ2n) is 7.03. The zero-order valence-electron chi connectivity index (χ0n) is 18.0. The van der Waals surface area contributed by atoms with Gasteiger partial charge in [-0.3, -0.25) is 4.79 Å². The van der Waals surface area contributed by atoms with E-state index in [0.717, 1.165) is 15.6 Å². The van der Waals surface area contributed by atoms with Crippen molar-refractivity contribution in [1.29, 1.82) is 0 Å². The Hall–Kier alpha value is -3.11. The molecule has 32 heavy (non-hydrogen) atoms. The predicted octanol–water partition coefficient (Wildman–Crippen LogP) is 3.22. The molecule has 0 saturated heterocycles. The smallest absolute Gasteiger partial charge is 0.277 e. The van der Waals surface area contributed by atoms with Crippen LogP contribution in [-0.4, -0.2) is 35.9 Å². The van der Waals surface area contributed by atoms with Crippen molar-refractivity contribution in [2.24, 2.45) is 0 Å². The number of nitrogen functional groups attached to an aromatic ring is 1. The summed E-state index contributed by atoms with van der Waals surface area (Å²) in [5.41, 5.74) is 8.78. The van der Waals surface area contributed by atoms with Crippen molar-refractivity contribution < 1.29 is 18.9 Å². The molecule has 0 fully saturated rings. The van der Waals surface area contributed by atoms with E-state index in [1.54, 1.807) is 0 Å². The molecule has 0 aliphatic heterocycles. The fourth-order valence-electron chi connectivity index (χ4n) is 2.98. The topological polar surface area (TPSA) is 125 Å². The van der Waals surface area contributed by atoms with Crippen LogP contribution in [0.25, 0.3) is 0 Å². The molecule has 0 unspecified atom stereocenters. The van der Waals surface area contributed by atoms with Gasteiger partial charge in [0.1, 0.15) is 6.61 Å². The minimum atomic E-state index is -0.430. The zero-order chi connectivity index (χ0) is 22.9. The molecular weight excluding hydrogens is 478 g/mol. The highest BCUT2D eigenvalue weighted by Crippen LogP contribution is 2.34. The highest BCUT2D eigenvalue weighted by molar-refractivity contribution is 9.10. The molecule has 0 atom stereocenters. The molecule has 3 rings (SSSR count). The van der Waals surface area contributed by atoms with Crippen LogP contribution in [0.3, 0.4) is 0 Å². The number of anilines is 1. The quantitative estimate of drug-likeness (QED) is 0.340. The van der Waals surface area contributed by atoms with Gasteiger partial charge in [-0.05, 0) is 47.4 Å². The largest absolute Gasteiger partial charge is 0.490 e. The summed E-state index contributed by atoms with van der Waals surface area (Å²) in [5, 5.41) is 12.8. The number of carbonyl (C=O) groups excluding carboxylic acids is 1. The summed E-state index contributed by atoms with van der Waals surface area (Å²) >= 11 is 3.61. The molecular formula is C22H26BrN5O4. The molecule has 1 heterocycles. The lowest BCUT2D eigenvalue weighted by atomic mass is 10.1. The van der Waals surface area contributed by atoms with Crippen LogP contribution < -0.4 is 25.8 Å². The highest BCUT2D eigenvalue weighted by Gasteiger charge is 2.15. The summed E-state index contributed by atoms with van der Waals surface area (Å²) in [7, 11) is 0. The lowest BCUT2D eigenvalue weighted by Crippen LogP contribution is -2.32. The maximum atomic E-state index is 11.9. The summed E-state index contributed by atoms with van der Waals surface area (Å²) in [6, 6.07) is 12.1. The van der Waals surface area contributed by atoms with Crippen molar-refractivity contribution in [3.8, 4) is 11.5 Å². The summed E-state index contributed by atoms with van der Waals surface area (Å²) in [4.78, 5) is 11.9. The van der Waals surface area contributed by atoms with Gasteiger partial charge in [0.05, 0.1) is 6.61 Å². The average Bonchev–Trinajstić information content (AvgIpc) is 3.20. The fraction of sp³-hybridized carbons (Fsp3) is 0.318. The third-order valence-electron chi connectivity index (χ3n) is 4.52. The summed E-state index contributed by atoms with van der Waals surface area (Å²) in [6.07, 6.45) is 0. The summed E-state index contributed by atoms with van der Waals surface area (Å²) in [5.74, 6) is 0.894. The minimum Gasteiger partial charge on any atom is -0.490 e. The van der Waals surface area contributed by atoms with Gasteiger partial charge < -0.3 is 25.8 Å². The SMILES string of the molecule is CCOc1cc(CNCCNC(=O)c2nonc2N)c(Br)cc1OCc1cccc(C)c1. The predicted molar refractivity (Wildman–Crippen MR) is 124 cm³/mol. The van der Waals surface area contributed by atoms with E-state index in [1.807, 2.05) is 31.2 Å². The summed E-state index contributed by atoms with van der Waals surface area (Å²) in [6.45, 7) is 6.47. The van der Waals surface area contributed by atoms with Crippen molar-refractivity contribution in [3.63, 3.8) is 0 Å². The van der Waals surface area contributed by atoms with Crippen LogP contribution in [0.2, 0.25) is 0 Å². The Morgan fingerprint density at radius 3 is 2.69 bits per heavy atom. The number of amides is 1. The molecule has 10 heteroatoms. The molecule has 0 bridgehead atoms. The molecule has 3 aromatic rings. The molecule has 1 aromatic heterocycles. The van der Waals surface area contributed by atoms with E-state index in [4.69, 9.17) is 15.2 Å². The third-order valence-corrected chi connectivity index (χ3v) is 5.26. The maximum Gasteiger partial charge on any atom is 0.277 e. The van der Waals surface area contributed by atoms with Crippen LogP contribution in [0.1, 0.15) is 34.1 Å². The first-order valence-electron chi connectivity index (χ1n) is 10.2. The number of hydrogen-bond acceptors (Lipinski definition) is 8. The minimum absolute atomic E-state index is 0.0182. The third kappa shape index (κ3) is 6.44. The first kappa shape index (κ1) is 23.6. The number of aryl methyl sites for hydroxylation is 1. The van der Waals surface area contributed by atoms with Gasteiger partial charge in [0.15, 0.2) is 11.5 Å². The van der Waals surface area contributed by atoms with Crippen LogP contribution in [0.4, 0.5) is 5.82 Å². The molecule has 0 aliphatic rings. The number of nitrogens with two attached hydrogens (primary N) is 1. The Morgan fingerprint density at radius 1 is 1.16 bits per heavy atom. The molecule has 0 spiro atoms. The van der Waals surface area contributed by atoms with Crippen LogP contribution in [0.5, 0.6) is 11.5 Å². The van der Waals surface area contributed by atoms with Crippen molar-refractivity contribution in [2.45, 2.75) is 27.0 Å². The Labute approximate surface area is 194 Å². The van der Waals surface area contributed by atoms with Gasteiger partial charge in [0, 0.05) is 24.1 Å². The molecule has 0 saturated carbocycles. The Kier molecular flexibility index (Phi) is 8.46. The van der Waals surface area contributed by atoms with E-state index >= 15 is 0 Å². The molecule has 4 N–H and O–H groups in total. The van der Waals surface area contributed by atoms with Gasteiger partial charge in [-0.15, -0.1) is 0 Å². The Bertz CT molecular complexity index is 1060. The van der Waals surface area contributed by atoms with Crippen molar-refractivity contribution in [1.82, 2.24) is 20.9 Å². The number of hydrogen-bond donors (Lipinski definition) is 3. The molecule has 0 aliphatic carbocycles. The van der Waals surface area contributed by atoms with E-state index in [9.17, 15) is 4.79 Å². The first-order valence-corrected chi connectivity index (χ1v) is 11.0. The number of benzene rings is 2. The van der Waals surface area contributed by atoms with E-state index < -0.39 is 5.91 Å². The number of carbonyl (C=O) groups is 1. The van der Waals surface area contributed by atoms with Crippen LogP contribution >= 0.6 is 15.9 Å². The lowest BCUT2D eigenvalue weighted by Gasteiger charge is -2.16. The Morgan fingerprint density at radius 2 is 1.97 bits per heavy atom. The van der Waals surface area contributed by atoms with Gasteiger partial charge in [-0.1, -0.05) is 45.8 Å². The maximum absolute atomic E-state index is 11.9. The zero-order valence-corrected chi connectivity index (χ0v) is 19.6. The standard InChI is InChI=1S/C22H26BrN5O4/c1-3-30-18-10-16(12-25-7-8-26-22(29)20-21(24)28-32-27-20)17(23)11-19(18)31-13-15-6-4-5-14(2)9-15/h4-6,9-11,25H,3,7-8,12-13H2,1-2H3,(H2,24,28)(H,26,29). The van der Waals surface area contributed by atoms with E-state index in [2.05, 4.69) is 60.6 Å². The molecule has 9 nitrogen and oxygen atoms in total. The summed E-state index contributed by atoms with van der Waals surface area (Å²) < 4.78 is 17.1. The van der Waals surface area contributed by atoms with Gasteiger partial charge in [-0.2, -0.15) is 0 Å². The van der Waals surface area contributed by atoms with Crippen LogP contribution in [0, 0.1) is 6.92 Å². The Balaban J connectivity index is 1.54. The molecule has 0 radical (unpaired) electrons. The normalized spacial score (nSPS) is 10.7. The van der Waals surface area contributed by atoms with Crippen LogP contribution in [-0.2, 0) is 13.2 Å². The number of nitrogens with one attached hydrogen (secondary N) is 2. The van der Waals surface area contributed by atoms with Gasteiger partial charge >= 0.3 is 0 Å². The number of ether oxygens (including phenoxy) is 2. The monoisotopic (exact) mass is 503 g/mol. The number of halogens is 1. The average molecular weight is 504 g/mol. The number of nitrogens with zero attached hydrogens (tertiary/aromatic N) is 2. The van der Waals surface area contributed by atoms with E-state index in [1.165, 1.54) is 5.56 Å². The first-order chi connectivity index (χ1) is 15.5. The van der Waals surface area contributed by atoms with Gasteiger partial charge in [0.2, 0.25) is 11.5 Å². The molecule has 1 amide bonds. The van der Waals surface area contributed by atoms with Gasteiger partial charge in [0.25, 0.3) is 5.91 Å². The lowest BCUT2D eigenvalue weighted by molar-refractivity contribution is 0.0944. The molecule has 2 aromatic carbocycles. The van der Waals surface area contributed by atoms with Crippen LogP contribution in [0.15, 0.2) is 45.5 Å². The number of rotatable bonds is 11. The highest BCUT2D eigenvalue weighted by atomic mass is 79.9. The fourth-order valence-corrected chi connectivity index (χ4v) is 3.44. The van der Waals surface area contributed by atoms with Gasteiger partial charge in [-0.25, -0.2) is 4.63 Å². The van der Waals surface area contributed by atoms with E-state index in [-0.39, 0.29) is 11.5 Å². The van der Waals surface area contributed by atoms with E-state index in [0.29, 0.717) is 44.3 Å². The van der Waals surface area contributed by atoms with Crippen molar-refractivity contribution in [2.75, 3.05) is 25.4 Å².